The van der Waals surface area contributed by atoms with E-state index in [0.717, 1.165) is 28.1 Å². The minimum atomic E-state index is -0.00442. The highest BCUT2D eigenvalue weighted by Gasteiger charge is 2.13. The number of amides is 1. The summed E-state index contributed by atoms with van der Waals surface area (Å²) in [6, 6.07) is 15.4. The van der Waals surface area contributed by atoms with Crippen LogP contribution in [0.3, 0.4) is 0 Å². The van der Waals surface area contributed by atoms with Crippen molar-refractivity contribution >= 4 is 29.3 Å². The van der Waals surface area contributed by atoms with Gasteiger partial charge in [0.2, 0.25) is 11.8 Å². The highest BCUT2D eigenvalue weighted by atomic mass is 35.5. The molecule has 0 radical (unpaired) electrons. The van der Waals surface area contributed by atoms with Crippen molar-refractivity contribution in [3.63, 3.8) is 0 Å². The molecule has 0 aliphatic heterocycles. The van der Waals surface area contributed by atoms with Gasteiger partial charge in [-0.05, 0) is 43.2 Å². The van der Waals surface area contributed by atoms with Gasteiger partial charge in [-0.3, -0.25) is 4.79 Å². The maximum absolute atomic E-state index is 12.0. The van der Waals surface area contributed by atoms with Crippen LogP contribution in [-0.4, -0.2) is 16.6 Å². The average Bonchev–Trinajstić information content (AvgIpc) is 3.02. The lowest BCUT2D eigenvalue weighted by atomic mass is 10.1. The van der Waals surface area contributed by atoms with Crippen LogP contribution in [0.1, 0.15) is 22.6 Å². The lowest BCUT2D eigenvalue weighted by molar-refractivity contribution is -0.118. The standard InChI is InChI=1S/C21H21ClN2O2S/c1-14-5-3-4-6-18(14)21-24-19(15(2)26-21)12-27-13-20(25)23-11-16-7-9-17(22)10-8-16/h3-10H,11-13H2,1-2H3,(H,23,25). The predicted molar refractivity (Wildman–Crippen MR) is 111 cm³/mol. The summed E-state index contributed by atoms with van der Waals surface area (Å²) in [7, 11) is 0. The first-order valence-corrected chi connectivity index (χ1v) is 10.2. The largest absolute Gasteiger partial charge is 0.441 e. The van der Waals surface area contributed by atoms with Crippen LogP contribution >= 0.6 is 23.4 Å². The molecule has 0 aliphatic carbocycles. The number of thioether (sulfide) groups is 1. The van der Waals surface area contributed by atoms with E-state index in [1.807, 2.05) is 62.4 Å². The van der Waals surface area contributed by atoms with Gasteiger partial charge in [-0.1, -0.05) is 41.9 Å². The molecule has 3 rings (SSSR count). The molecule has 0 aliphatic rings. The van der Waals surface area contributed by atoms with Gasteiger partial charge in [0.15, 0.2) is 0 Å². The van der Waals surface area contributed by atoms with Gasteiger partial charge in [-0.25, -0.2) is 4.98 Å². The summed E-state index contributed by atoms with van der Waals surface area (Å²) < 4.78 is 5.82. The first kappa shape index (κ1) is 19.5. The zero-order valence-corrected chi connectivity index (χ0v) is 16.9. The molecule has 140 valence electrons. The van der Waals surface area contributed by atoms with E-state index in [1.165, 1.54) is 11.8 Å². The molecule has 1 heterocycles. The van der Waals surface area contributed by atoms with Crippen molar-refractivity contribution in [2.75, 3.05) is 5.75 Å². The number of hydrogen-bond donors (Lipinski definition) is 1. The number of carbonyl (C=O) groups excluding carboxylic acids is 1. The highest BCUT2D eigenvalue weighted by molar-refractivity contribution is 7.99. The molecule has 0 atom stereocenters. The maximum Gasteiger partial charge on any atom is 0.230 e. The van der Waals surface area contributed by atoms with E-state index in [0.29, 0.717) is 29.0 Å². The van der Waals surface area contributed by atoms with Gasteiger partial charge < -0.3 is 9.73 Å². The molecule has 0 fully saturated rings. The molecule has 0 saturated carbocycles. The molecule has 0 bridgehead atoms. The number of aromatic nitrogens is 1. The fourth-order valence-electron chi connectivity index (χ4n) is 2.58. The van der Waals surface area contributed by atoms with Crippen molar-refractivity contribution in [3.8, 4) is 11.5 Å². The van der Waals surface area contributed by atoms with Crippen LogP contribution in [0, 0.1) is 13.8 Å². The fraction of sp³-hybridized carbons (Fsp3) is 0.238. The second kappa shape index (κ2) is 9.11. The molecular formula is C21H21ClN2O2S. The third-order valence-corrected chi connectivity index (χ3v) is 5.34. The number of halogens is 1. The van der Waals surface area contributed by atoms with E-state index < -0.39 is 0 Å². The van der Waals surface area contributed by atoms with Crippen LogP contribution in [-0.2, 0) is 17.1 Å². The van der Waals surface area contributed by atoms with Crippen molar-refractivity contribution in [1.82, 2.24) is 10.3 Å². The van der Waals surface area contributed by atoms with Gasteiger partial charge in [0.25, 0.3) is 0 Å². The summed E-state index contributed by atoms with van der Waals surface area (Å²) in [5, 5.41) is 3.60. The molecule has 27 heavy (non-hydrogen) atoms. The Kier molecular flexibility index (Phi) is 6.58. The second-order valence-corrected chi connectivity index (χ2v) is 7.65. The number of carbonyl (C=O) groups is 1. The predicted octanol–water partition coefficient (Wildman–Crippen LogP) is 5.16. The van der Waals surface area contributed by atoms with E-state index in [1.54, 1.807) is 0 Å². The monoisotopic (exact) mass is 400 g/mol. The van der Waals surface area contributed by atoms with Crippen LogP contribution in [0.15, 0.2) is 52.9 Å². The van der Waals surface area contributed by atoms with Gasteiger partial charge >= 0.3 is 0 Å². The Morgan fingerprint density at radius 2 is 1.89 bits per heavy atom. The molecule has 1 N–H and O–H groups in total. The molecule has 1 amide bonds. The first-order valence-electron chi connectivity index (χ1n) is 8.64. The molecule has 3 aromatic rings. The van der Waals surface area contributed by atoms with Gasteiger partial charge in [-0.2, -0.15) is 0 Å². The number of nitrogens with zero attached hydrogens (tertiary/aromatic N) is 1. The van der Waals surface area contributed by atoms with E-state index in [4.69, 9.17) is 16.0 Å². The topological polar surface area (TPSA) is 55.1 Å². The van der Waals surface area contributed by atoms with Crippen molar-refractivity contribution in [1.29, 1.82) is 0 Å². The zero-order chi connectivity index (χ0) is 19.2. The third-order valence-electron chi connectivity index (χ3n) is 4.14. The van der Waals surface area contributed by atoms with Gasteiger partial charge in [-0.15, -0.1) is 11.8 Å². The lowest BCUT2D eigenvalue weighted by Gasteiger charge is -2.05. The first-order chi connectivity index (χ1) is 13.0. The molecule has 0 unspecified atom stereocenters. The summed E-state index contributed by atoms with van der Waals surface area (Å²) in [6.45, 7) is 4.44. The normalized spacial score (nSPS) is 10.8. The summed E-state index contributed by atoms with van der Waals surface area (Å²) in [6.07, 6.45) is 0. The molecule has 2 aromatic carbocycles. The Balaban J connectivity index is 1.49. The Labute approximate surface area is 168 Å². The number of nitrogens with one attached hydrogen (secondary N) is 1. The smallest absolute Gasteiger partial charge is 0.230 e. The highest BCUT2D eigenvalue weighted by Crippen LogP contribution is 2.26. The molecule has 6 heteroatoms. The molecule has 1 aromatic heterocycles. The van der Waals surface area contributed by atoms with Crippen molar-refractivity contribution < 1.29 is 9.21 Å². The second-order valence-electron chi connectivity index (χ2n) is 6.23. The van der Waals surface area contributed by atoms with E-state index in [-0.39, 0.29) is 5.91 Å². The number of hydrogen-bond acceptors (Lipinski definition) is 4. The summed E-state index contributed by atoms with van der Waals surface area (Å²) in [4.78, 5) is 16.6. The minimum Gasteiger partial charge on any atom is -0.441 e. The molecule has 0 spiro atoms. The van der Waals surface area contributed by atoms with Crippen molar-refractivity contribution in [2.24, 2.45) is 0 Å². The summed E-state index contributed by atoms with van der Waals surface area (Å²) in [5.74, 6) is 2.43. The average molecular weight is 401 g/mol. The van der Waals surface area contributed by atoms with E-state index in [2.05, 4.69) is 10.3 Å². The van der Waals surface area contributed by atoms with Crippen LogP contribution in [0.4, 0.5) is 0 Å². The van der Waals surface area contributed by atoms with Gasteiger partial charge in [0.05, 0.1) is 11.4 Å². The van der Waals surface area contributed by atoms with E-state index >= 15 is 0 Å². The van der Waals surface area contributed by atoms with E-state index in [9.17, 15) is 4.79 Å². The number of rotatable bonds is 7. The zero-order valence-electron chi connectivity index (χ0n) is 15.3. The quantitative estimate of drug-likeness (QED) is 0.595. The Morgan fingerprint density at radius 3 is 2.63 bits per heavy atom. The van der Waals surface area contributed by atoms with Gasteiger partial charge in [0.1, 0.15) is 5.76 Å². The van der Waals surface area contributed by atoms with Crippen LogP contribution in [0.5, 0.6) is 0 Å². The maximum atomic E-state index is 12.0. The summed E-state index contributed by atoms with van der Waals surface area (Å²) >= 11 is 7.38. The number of oxazole rings is 1. The van der Waals surface area contributed by atoms with Crippen LogP contribution in [0.2, 0.25) is 5.02 Å². The summed E-state index contributed by atoms with van der Waals surface area (Å²) in [5.41, 5.74) is 4.02. The SMILES string of the molecule is Cc1ccccc1-c1nc(CSCC(=O)NCc2ccc(Cl)cc2)c(C)o1. The lowest BCUT2D eigenvalue weighted by Crippen LogP contribution is -2.24. The van der Waals surface area contributed by atoms with Crippen LogP contribution in [0.25, 0.3) is 11.5 Å². The number of aryl methyl sites for hydroxylation is 2. The molecule has 0 saturated heterocycles. The van der Waals surface area contributed by atoms with Crippen LogP contribution < -0.4 is 5.32 Å². The fourth-order valence-corrected chi connectivity index (χ4v) is 3.56. The van der Waals surface area contributed by atoms with Crippen molar-refractivity contribution in [2.45, 2.75) is 26.1 Å². The molecular weight excluding hydrogens is 380 g/mol. The third kappa shape index (κ3) is 5.37. The molecule has 4 nitrogen and oxygen atoms in total. The Bertz CT molecular complexity index is 922. The Morgan fingerprint density at radius 1 is 1.15 bits per heavy atom. The van der Waals surface area contributed by atoms with Gasteiger partial charge in [0, 0.05) is 22.9 Å². The Hall–Kier alpha value is -2.24. The number of benzene rings is 2. The van der Waals surface area contributed by atoms with Crippen molar-refractivity contribution in [3.05, 3.63) is 76.1 Å². The minimum absolute atomic E-state index is 0.00442.